The number of halogens is 3. The number of benzene rings is 2. The number of carbonyl (C=O) groups is 1. The van der Waals surface area contributed by atoms with E-state index in [2.05, 4.69) is 15.4 Å². The van der Waals surface area contributed by atoms with Crippen molar-refractivity contribution in [3.63, 3.8) is 0 Å². The van der Waals surface area contributed by atoms with E-state index in [1.165, 1.54) is 18.2 Å². The third-order valence-electron chi connectivity index (χ3n) is 3.25. The van der Waals surface area contributed by atoms with Gasteiger partial charge in [-0.25, -0.2) is 4.79 Å². The first-order valence-electron chi connectivity index (χ1n) is 7.35. The van der Waals surface area contributed by atoms with Crippen LogP contribution in [0.4, 0.5) is 18.0 Å². The molecule has 134 valence electrons. The fourth-order valence-corrected chi connectivity index (χ4v) is 2.04. The summed E-state index contributed by atoms with van der Waals surface area (Å²) in [5.74, 6) is 0.361. The predicted octanol–water partition coefficient (Wildman–Crippen LogP) is 3.59. The van der Waals surface area contributed by atoms with Crippen molar-refractivity contribution in [2.75, 3.05) is 7.11 Å². The maximum absolute atomic E-state index is 12.4. The summed E-state index contributed by atoms with van der Waals surface area (Å²) in [6.07, 6.45) is -4.78. The van der Waals surface area contributed by atoms with Gasteiger partial charge in [0.25, 0.3) is 0 Å². The molecule has 0 aliphatic carbocycles. The molecule has 0 radical (unpaired) electrons. The number of rotatable bonds is 6. The van der Waals surface area contributed by atoms with Crippen LogP contribution >= 0.6 is 0 Å². The van der Waals surface area contributed by atoms with Gasteiger partial charge in [0.15, 0.2) is 0 Å². The molecular weight excluding hydrogens is 337 g/mol. The average Bonchev–Trinajstić information content (AvgIpc) is 2.58. The summed E-state index contributed by atoms with van der Waals surface area (Å²) in [6, 6.07) is 12.3. The van der Waals surface area contributed by atoms with Gasteiger partial charge in [-0.15, -0.1) is 13.2 Å². The summed E-state index contributed by atoms with van der Waals surface area (Å²) >= 11 is 0. The van der Waals surface area contributed by atoms with E-state index in [1.54, 1.807) is 37.4 Å². The van der Waals surface area contributed by atoms with E-state index in [-0.39, 0.29) is 24.4 Å². The summed E-state index contributed by atoms with van der Waals surface area (Å²) in [7, 11) is 1.56. The number of alkyl halides is 3. The van der Waals surface area contributed by atoms with Crippen molar-refractivity contribution in [3.05, 3.63) is 59.7 Å². The zero-order chi connectivity index (χ0) is 18.3. The average molecular weight is 354 g/mol. The molecule has 5 nitrogen and oxygen atoms in total. The number of carbonyl (C=O) groups excluding carboxylic acids is 1. The van der Waals surface area contributed by atoms with Crippen molar-refractivity contribution < 1.29 is 27.4 Å². The maximum atomic E-state index is 12.4. The SMILES string of the molecule is COc1ccc(CNC(=O)NCc2ccccc2OC(F)(F)F)cc1. The lowest BCUT2D eigenvalue weighted by atomic mass is 10.2. The first-order valence-corrected chi connectivity index (χ1v) is 7.35. The molecule has 0 heterocycles. The highest BCUT2D eigenvalue weighted by atomic mass is 19.4. The Labute approximate surface area is 142 Å². The normalized spacial score (nSPS) is 10.9. The Morgan fingerprint density at radius 1 is 1.00 bits per heavy atom. The quantitative estimate of drug-likeness (QED) is 0.833. The predicted molar refractivity (Wildman–Crippen MR) is 85.2 cm³/mol. The van der Waals surface area contributed by atoms with Crippen LogP contribution in [0.15, 0.2) is 48.5 Å². The van der Waals surface area contributed by atoms with Crippen LogP contribution in [0.5, 0.6) is 11.5 Å². The Bertz CT molecular complexity index is 703. The van der Waals surface area contributed by atoms with Gasteiger partial charge in [-0.05, 0) is 23.8 Å². The molecule has 2 aromatic carbocycles. The summed E-state index contributed by atoms with van der Waals surface area (Å²) in [4.78, 5) is 11.8. The summed E-state index contributed by atoms with van der Waals surface area (Å²) in [5, 5.41) is 5.12. The van der Waals surface area contributed by atoms with Crippen molar-refractivity contribution in [2.24, 2.45) is 0 Å². The van der Waals surface area contributed by atoms with Crippen LogP contribution < -0.4 is 20.1 Å². The number of para-hydroxylation sites is 1. The van der Waals surface area contributed by atoms with Crippen LogP contribution in [0, 0.1) is 0 Å². The molecule has 0 atom stereocenters. The monoisotopic (exact) mass is 354 g/mol. The van der Waals surface area contributed by atoms with Crippen molar-refractivity contribution >= 4 is 6.03 Å². The van der Waals surface area contributed by atoms with E-state index in [9.17, 15) is 18.0 Å². The van der Waals surface area contributed by atoms with E-state index in [0.29, 0.717) is 5.75 Å². The Balaban J connectivity index is 1.85. The molecule has 0 saturated heterocycles. The minimum Gasteiger partial charge on any atom is -0.497 e. The van der Waals surface area contributed by atoms with Gasteiger partial charge < -0.3 is 20.1 Å². The van der Waals surface area contributed by atoms with Crippen LogP contribution in [-0.2, 0) is 13.1 Å². The van der Waals surface area contributed by atoms with Crippen molar-refractivity contribution in [2.45, 2.75) is 19.5 Å². The van der Waals surface area contributed by atoms with Gasteiger partial charge >= 0.3 is 12.4 Å². The van der Waals surface area contributed by atoms with Crippen LogP contribution in [0.3, 0.4) is 0 Å². The van der Waals surface area contributed by atoms with E-state index >= 15 is 0 Å². The second kappa shape index (κ2) is 8.27. The van der Waals surface area contributed by atoms with Gasteiger partial charge in [-0.1, -0.05) is 30.3 Å². The van der Waals surface area contributed by atoms with Crippen LogP contribution in [0.25, 0.3) is 0 Å². The molecule has 2 N–H and O–H groups in total. The smallest absolute Gasteiger partial charge is 0.497 e. The first kappa shape index (κ1) is 18.4. The van der Waals surface area contributed by atoms with Gasteiger partial charge in [-0.2, -0.15) is 0 Å². The number of urea groups is 1. The molecular formula is C17H17F3N2O3. The van der Waals surface area contributed by atoms with Crippen LogP contribution in [0.2, 0.25) is 0 Å². The van der Waals surface area contributed by atoms with Crippen LogP contribution in [0.1, 0.15) is 11.1 Å². The second-order valence-corrected chi connectivity index (χ2v) is 5.04. The minimum absolute atomic E-state index is 0.0965. The Morgan fingerprint density at radius 3 is 2.28 bits per heavy atom. The van der Waals surface area contributed by atoms with Gasteiger partial charge in [0.1, 0.15) is 11.5 Å². The molecule has 0 spiro atoms. The molecule has 0 aliphatic rings. The molecule has 2 rings (SSSR count). The van der Waals surface area contributed by atoms with E-state index in [1.807, 2.05) is 0 Å². The second-order valence-electron chi connectivity index (χ2n) is 5.04. The topological polar surface area (TPSA) is 59.6 Å². The molecule has 0 aromatic heterocycles. The summed E-state index contributed by atoms with van der Waals surface area (Å²) in [6.45, 7) is 0.178. The standard InChI is InChI=1S/C17H17F3N2O3/c1-24-14-8-6-12(7-9-14)10-21-16(23)22-11-13-4-2-3-5-15(13)25-17(18,19)20/h2-9H,10-11H2,1H3,(H2,21,22,23). The van der Waals surface area contributed by atoms with E-state index in [4.69, 9.17) is 4.74 Å². The molecule has 8 heteroatoms. The van der Waals surface area contributed by atoms with Crippen molar-refractivity contribution in [3.8, 4) is 11.5 Å². The Hall–Kier alpha value is -2.90. The van der Waals surface area contributed by atoms with E-state index in [0.717, 1.165) is 5.56 Å². The number of hydrogen-bond acceptors (Lipinski definition) is 3. The highest BCUT2D eigenvalue weighted by molar-refractivity contribution is 5.73. The molecule has 0 saturated carbocycles. The van der Waals surface area contributed by atoms with Crippen molar-refractivity contribution in [1.29, 1.82) is 0 Å². The van der Waals surface area contributed by atoms with E-state index < -0.39 is 12.4 Å². The molecule has 0 bridgehead atoms. The zero-order valence-corrected chi connectivity index (χ0v) is 13.4. The lowest BCUT2D eigenvalue weighted by Crippen LogP contribution is -2.34. The number of methoxy groups -OCH3 is 1. The van der Waals surface area contributed by atoms with Crippen molar-refractivity contribution in [1.82, 2.24) is 10.6 Å². The lowest BCUT2D eigenvalue weighted by Gasteiger charge is -2.14. The third-order valence-corrected chi connectivity index (χ3v) is 3.25. The molecule has 25 heavy (non-hydrogen) atoms. The summed E-state index contributed by atoms with van der Waals surface area (Å²) in [5.41, 5.74) is 1.08. The highest BCUT2D eigenvalue weighted by Gasteiger charge is 2.31. The highest BCUT2D eigenvalue weighted by Crippen LogP contribution is 2.26. The number of hydrogen-bond donors (Lipinski definition) is 2. The summed E-state index contributed by atoms with van der Waals surface area (Å²) < 4.78 is 46.0. The first-order chi connectivity index (χ1) is 11.9. The molecule has 0 unspecified atom stereocenters. The maximum Gasteiger partial charge on any atom is 0.573 e. The molecule has 2 amide bonds. The fraction of sp³-hybridized carbons (Fsp3) is 0.235. The Morgan fingerprint density at radius 2 is 1.64 bits per heavy atom. The molecule has 0 fully saturated rings. The fourth-order valence-electron chi connectivity index (χ4n) is 2.04. The largest absolute Gasteiger partial charge is 0.573 e. The Kier molecular flexibility index (Phi) is 6.10. The van der Waals surface area contributed by atoms with Gasteiger partial charge in [0.2, 0.25) is 0 Å². The third kappa shape index (κ3) is 6.25. The lowest BCUT2D eigenvalue weighted by molar-refractivity contribution is -0.274. The molecule has 0 aliphatic heterocycles. The number of ether oxygens (including phenoxy) is 2. The van der Waals surface area contributed by atoms with Gasteiger partial charge in [-0.3, -0.25) is 0 Å². The number of nitrogens with one attached hydrogen (secondary N) is 2. The molecule has 2 aromatic rings. The number of amides is 2. The van der Waals surface area contributed by atoms with Gasteiger partial charge in [0.05, 0.1) is 7.11 Å². The van der Waals surface area contributed by atoms with Gasteiger partial charge in [0, 0.05) is 18.7 Å². The minimum atomic E-state index is -4.78. The van der Waals surface area contributed by atoms with Crippen LogP contribution in [-0.4, -0.2) is 19.5 Å². The zero-order valence-electron chi connectivity index (χ0n) is 13.4.